The summed E-state index contributed by atoms with van der Waals surface area (Å²) in [7, 11) is 0. The smallest absolute Gasteiger partial charge is 0.263 e. The molecule has 1 N–H and O–H groups in total. The van der Waals surface area contributed by atoms with Crippen LogP contribution < -0.4 is 10.0 Å². The van der Waals surface area contributed by atoms with Crippen LogP contribution >= 0.6 is 23.2 Å². The third-order valence-corrected chi connectivity index (χ3v) is 5.58. The number of anilines is 1. The average molecular weight is 421 g/mol. The fourth-order valence-corrected chi connectivity index (χ4v) is 4.00. The summed E-state index contributed by atoms with van der Waals surface area (Å²) in [5.74, 6) is -0.388. The highest BCUT2D eigenvalue weighted by molar-refractivity contribution is 6.35. The Hall–Kier alpha value is -2.04. The highest BCUT2D eigenvalue weighted by atomic mass is 35.5. The lowest BCUT2D eigenvalue weighted by Gasteiger charge is -2.18. The van der Waals surface area contributed by atoms with E-state index in [-0.39, 0.29) is 17.2 Å². The molecule has 150 valence electrons. The van der Waals surface area contributed by atoms with Gasteiger partial charge in [0.25, 0.3) is 5.91 Å². The van der Waals surface area contributed by atoms with Crippen LogP contribution in [-0.4, -0.2) is 5.91 Å². The number of rotatable bonds is 6. The van der Waals surface area contributed by atoms with Gasteiger partial charge >= 0.3 is 0 Å². The molecule has 0 spiro atoms. The van der Waals surface area contributed by atoms with Crippen LogP contribution in [0.2, 0.25) is 10.0 Å². The number of amides is 1. The minimum Gasteiger partial charge on any atom is -0.618 e. The predicted molar refractivity (Wildman–Crippen MR) is 117 cm³/mol. The molecule has 1 aromatic heterocycles. The molecule has 0 unspecified atom stereocenters. The summed E-state index contributed by atoms with van der Waals surface area (Å²) in [6.07, 6.45) is 5.73. The van der Waals surface area contributed by atoms with Gasteiger partial charge in [-0.2, -0.15) is 4.73 Å². The first-order valence-electron chi connectivity index (χ1n) is 9.41. The standard InChI is InChI=1S/C22H26Cl2N2O2/c1-6-9-10-18-13(4)26(28)14(5)19(20(18)24)22(27)25-21-15(7-2)11-17(23)12-16(21)8-3/h6,9,11-12H,7-8,10H2,1-5H3,(H,25,27)/b9-6+. The Labute approximate surface area is 176 Å². The maximum Gasteiger partial charge on any atom is 0.263 e. The van der Waals surface area contributed by atoms with Gasteiger partial charge in [-0.25, -0.2) is 0 Å². The van der Waals surface area contributed by atoms with Gasteiger partial charge in [0.05, 0.1) is 5.02 Å². The first kappa shape index (κ1) is 22.3. The topological polar surface area (TPSA) is 56.0 Å². The molecule has 1 amide bonds. The number of allylic oxidation sites excluding steroid dienone is 2. The number of carbonyl (C=O) groups excluding carboxylic acids is 1. The largest absolute Gasteiger partial charge is 0.618 e. The highest BCUT2D eigenvalue weighted by Crippen LogP contribution is 2.30. The molecule has 0 aliphatic carbocycles. The van der Waals surface area contributed by atoms with Crippen LogP contribution in [0.4, 0.5) is 5.69 Å². The molecule has 1 heterocycles. The van der Waals surface area contributed by atoms with Crippen molar-refractivity contribution < 1.29 is 9.52 Å². The summed E-state index contributed by atoms with van der Waals surface area (Å²) < 4.78 is 0.781. The van der Waals surface area contributed by atoms with Crippen molar-refractivity contribution in [3.63, 3.8) is 0 Å². The zero-order valence-electron chi connectivity index (χ0n) is 17.0. The minimum atomic E-state index is -0.388. The van der Waals surface area contributed by atoms with Crippen molar-refractivity contribution in [2.45, 2.75) is 53.9 Å². The summed E-state index contributed by atoms with van der Waals surface area (Å²) in [6.45, 7) is 9.24. The summed E-state index contributed by atoms with van der Waals surface area (Å²) >= 11 is 12.8. The monoisotopic (exact) mass is 420 g/mol. The second kappa shape index (κ2) is 9.44. The number of halogens is 2. The molecule has 0 fully saturated rings. The number of nitrogens with one attached hydrogen (secondary N) is 1. The number of aromatic nitrogens is 1. The third-order valence-electron chi connectivity index (χ3n) is 4.94. The highest BCUT2D eigenvalue weighted by Gasteiger charge is 2.27. The third kappa shape index (κ3) is 4.34. The number of benzene rings is 1. The molecule has 0 aliphatic heterocycles. The van der Waals surface area contributed by atoms with Crippen LogP contribution in [0, 0.1) is 19.1 Å². The molecular weight excluding hydrogens is 395 g/mol. The molecule has 28 heavy (non-hydrogen) atoms. The molecule has 0 radical (unpaired) electrons. The van der Waals surface area contributed by atoms with Gasteiger partial charge < -0.3 is 10.5 Å². The van der Waals surface area contributed by atoms with E-state index in [2.05, 4.69) is 5.32 Å². The van der Waals surface area contributed by atoms with Gasteiger partial charge in [0.2, 0.25) is 5.69 Å². The van der Waals surface area contributed by atoms with Crippen LogP contribution in [0.1, 0.15) is 59.2 Å². The van der Waals surface area contributed by atoms with Gasteiger partial charge in [0.15, 0.2) is 5.69 Å². The van der Waals surface area contributed by atoms with Crippen molar-refractivity contribution in [1.82, 2.24) is 0 Å². The quantitative estimate of drug-likeness (QED) is 0.367. The number of hydrogen-bond donors (Lipinski definition) is 1. The summed E-state index contributed by atoms with van der Waals surface area (Å²) in [4.78, 5) is 13.2. The normalized spacial score (nSPS) is 11.2. The summed E-state index contributed by atoms with van der Waals surface area (Å²) in [6, 6.07) is 3.70. The van der Waals surface area contributed by atoms with Crippen LogP contribution in [-0.2, 0) is 19.3 Å². The number of hydrogen-bond acceptors (Lipinski definition) is 2. The Morgan fingerprint density at radius 3 is 2.21 bits per heavy atom. The summed E-state index contributed by atoms with van der Waals surface area (Å²) in [5, 5.41) is 16.6. The van der Waals surface area contributed by atoms with Gasteiger partial charge in [0, 0.05) is 30.1 Å². The van der Waals surface area contributed by atoms with E-state index in [1.165, 1.54) is 0 Å². The van der Waals surface area contributed by atoms with Crippen LogP contribution in [0.3, 0.4) is 0 Å². The Kier molecular flexibility index (Phi) is 7.50. The Morgan fingerprint density at radius 2 is 1.71 bits per heavy atom. The Bertz CT molecular complexity index is 912. The molecule has 4 nitrogen and oxygen atoms in total. The molecule has 0 saturated carbocycles. The van der Waals surface area contributed by atoms with Crippen molar-refractivity contribution in [2.75, 3.05) is 5.32 Å². The fourth-order valence-electron chi connectivity index (χ4n) is 3.30. The molecule has 0 saturated heterocycles. The molecule has 0 atom stereocenters. The zero-order chi connectivity index (χ0) is 21.0. The van der Waals surface area contributed by atoms with Gasteiger partial charge in [-0.3, -0.25) is 4.79 Å². The van der Waals surface area contributed by atoms with Crippen LogP contribution in [0.5, 0.6) is 0 Å². The molecule has 0 bridgehead atoms. The van der Waals surface area contributed by atoms with Crippen molar-refractivity contribution in [3.05, 3.63) is 73.2 Å². The SMILES string of the molecule is C/C=C/Cc1c(Cl)c(C(=O)Nc2c(CC)cc(Cl)cc2CC)c(C)[n+]([O-])c1C. The van der Waals surface area contributed by atoms with Gasteiger partial charge in [0.1, 0.15) is 5.56 Å². The summed E-state index contributed by atoms with van der Waals surface area (Å²) in [5.41, 5.74) is 4.30. The van der Waals surface area contributed by atoms with E-state index >= 15 is 0 Å². The van der Waals surface area contributed by atoms with E-state index in [1.54, 1.807) is 13.8 Å². The second-order valence-corrected chi connectivity index (χ2v) is 7.48. The van der Waals surface area contributed by atoms with Crippen molar-refractivity contribution >= 4 is 34.8 Å². The van der Waals surface area contributed by atoms with Gasteiger partial charge in [-0.05, 0) is 49.4 Å². The first-order chi connectivity index (χ1) is 13.3. The number of carbonyl (C=O) groups is 1. The predicted octanol–water partition coefficient (Wildman–Crippen LogP) is 5.74. The fraction of sp³-hybridized carbons (Fsp3) is 0.364. The molecule has 1 aromatic carbocycles. The second-order valence-electron chi connectivity index (χ2n) is 6.67. The zero-order valence-corrected chi connectivity index (χ0v) is 18.5. The average Bonchev–Trinajstić information content (AvgIpc) is 2.67. The first-order valence-corrected chi connectivity index (χ1v) is 10.2. The lowest BCUT2D eigenvalue weighted by molar-refractivity contribution is -0.619. The Morgan fingerprint density at radius 1 is 1.14 bits per heavy atom. The van der Waals surface area contributed by atoms with Crippen molar-refractivity contribution in [1.29, 1.82) is 0 Å². The number of aryl methyl sites for hydroxylation is 2. The minimum absolute atomic E-state index is 0.209. The number of nitrogens with zero attached hydrogens (tertiary/aromatic N) is 1. The van der Waals surface area contributed by atoms with E-state index in [0.717, 1.165) is 34.4 Å². The van der Waals surface area contributed by atoms with E-state index in [1.807, 2.05) is 45.1 Å². The number of pyridine rings is 1. The van der Waals surface area contributed by atoms with E-state index in [0.29, 0.717) is 27.7 Å². The molecule has 6 heteroatoms. The van der Waals surface area contributed by atoms with Crippen LogP contribution in [0.15, 0.2) is 24.3 Å². The van der Waals surface area contributed by atoms with E-state index in [9.17, 15) is 10.0 Å². The van der Waals surface area contributed by atoms with E-state index in [4.69, 9.17) is 23.2 Å². The van der Waals surface area contributed by atoms with Crippen molar-refractivity contribution in [3.8, 4) is 0 Å². The lowest BCUT2D eigenvalue weighted by Crippen LogP contribution is -2.38. The maximum absolute atomic E-state index is 13.2. The van der Waals surface area contributed by atoms with Gasteiger partial charge in [-0.15, -0.1) is 0 Å². The molecule has 0 aliphatic rings. The van der Waals surface area contributed by atoms with E-state index < -0.39 is 0 Å². The van der Waals surface area contributed by atoms with Crippen molar-refractivity contribution in [2.24, 2.45) is 0 Å². The van der Waals surface area contributed by atoms with Crippen LogP contribution in [0.25, 0.3) is 0 Å². The van der Waals surface area contributed by atoms with Gasteiger partial charge in [-0.1, -0.05) is 49.2 Å². The molecule has 2 aromatic rings. The Balaban J connectivity index is 2.58. The maximum atomic E-state index is 13.2. The lowest BCUT2D eigenvalue weighted by atomic mass is 10.0. The molecule has 2 rings (SSSR count). The molecular formula is C22H26Cl2N2O2.